The van der Waals surface area contributed by atoms with Gasteiger partial charge in [0.25, 0.3) is 0 Å². The molecule has 0 amide bonds. The fourth-order valence-corrected chi connectivity index (χ4v) is 7.62. The van der Waals surface area contributed by atoms with E-state index in [1.165, 1.54) is 35.0 Å². The van der Waals surface area contributed by atoms with Gasteiger partial charge in [-0.2, -0.15) is 8.42 Å². The maximum atomic E-state index is 13.5. The molecule has 3 heterocycles. The van der Waals surface area contributed by atoms with E-state index < -0.39 is 10.3 Å². The van der Waals surface area contributed by atoms with E-state index in [0.29, 0.717) is 22.7 Å². The smallest absolute Gasteiger partial charge is 0.333 e. The number of nitrogens with one attached hydrogen (secondary N) is 1. The molecule has 1 saturated carbocycles. The van der Waals surface area contributed by atoms with Crippen LogP contribution in [-0.4, -0.2) is 42.6 Å². The van der Waals surface area contributed by atoms with Gasteiger partial charge in [-0.05, 0) is 77.6 Å². The first-order chi connectivity index (χ1) is 17.3. The van der Waals surface area contributed by atoms with Gasteiger partial charge < -0.3 is 5.32 Å². The van der Waals surface area contributed by atoms with E-state index in [1.807, 2.05) is 35.3 Å². The molecule has 1 unspecified atom stereocenters. The average molecular weight is 565 g/mol. The van der Waals surface area contributed by atoms with Crippen molar-refractivity contribution >= 4 is 56.6 Å². The Balaban J connectivity index is 1.30. The monoisotopic (exact) mass is 564 g/mol. The summed E-state index contributed by atoms with van der Waals surface area (Å²) in [6, 6.07) is 8.06. The summed E-state index contributed by atoms with van der Waals surface area (Å²) >= 11 is 9.56. The van der Waals surface area contributed by atoms with E-state index in [2.05, 4.69) is 21.4 Å². The minimum absolute atomic E-state index is 0.0410. The Bertz CT molecular complexity index is 1380. The van der Waals surface area contributed by atoms with Gasteiger partial charge in [-0.25, -0.2) is 15.1 Å². The summed E-state index contributed by atoms with van der Waals surface area (Å²) in [6.07, 6.45) is 6.25. The van der Waals surface area contributed by atoms with Crippen LogP contribution in [0.2, 0.25) is 5.02 Å². The number of nitrogens with zero attached hydrogens (tertiary/aromatic N) is 2. The van der Waals surface area contributed by atoms with Gasteiger partial charge in [0.15, 0.2) is 0 Å². The Labute approximate surface area is 223 Å². The van der Waals surface area contributed by atoms with Gasteiger partial charge in [0.1, 0.15) is 12.1 Å². The molecule has 36 heavy (non-hydrogen) atoms. The fraction of sp³-hybridized carbons (Fsp3) is 0.375. The van der Waals surface area contributed by atoms with Gasteiger partial charge in [0.2, 0.25) is 5.78 Å². The normalized spacial score (nSPS) is 21.8. The van der Waals surface area contributed by atoms with Crippen molar-refractivity contribution in [2.75, 3.05) is 17.7 Å². The average Bonchev–Trinajstić information content (AvgIpc) is 3.52. The van der Waals surface area contributed by atoms with Crippen LogP contribution in [0.1, 0.15) is 56.4 Å². The van der Waals surface area contributed by atoms with Gasteiger partial charge in [-0.3, -0.25) is 8.98 Å². The zero-order valence-corrected chi connectivity index (χ0v) is 22.4. The summed E-state index contributed by atoms with van der Waals surface area (Å²) in [4.78, 5) is 22.5. The van der Waals surface area contributed by atoms with Crippen LogP contribution in [0, 0.1) is 5.92 Å². The summed E-state index contributed by atoms with van der Waals surface area (Å²) in [6.45, 7) is 0.0536. The van der Waals surface area contributed by atoms with Crippen molar-refractivity contribution in [3.05, 3.63) is 74.3 Å². The van der Waals surface area contributed by atoms with Gasteiger partial charge in [0, 0.05) is 17.3 Å². The molecule has 1 aromatic carbocycles. The minimum Gasteiger partial charge on any atom is -0.367 e. The number of aromatic nitrogens is 2. The number of rotatable bonds is 8. The maximum Gasteiger partial charge on any atom is 0.333 e. The number of halogens is 1. The molecule has 5 rings (SSSR count). The number of benzene rings is 1. The summed E-state index contributed by atoms with van der Waals surface area (Å²) in [5.41, 5.74) is 4.02. The van der Waals surface area contributed by atoms with E-state index >= 15 is 0 Å². The second-order valence-electron chi connectivity index (χ2n) is 9.00. The fourth-order valence-electron chi connectivity index (χ4n) is 4.78. The standard InChI is InChI=1S/C24H25ClN4O4S3/c25-17-3-2-15-5-6-34-23(19(15)9-17)16-8-21(35-12-16)22(30)20-10-27-13-28-24(20)29-18-4-1-14(7-18)11-33-36(26,31)32/h2-3,8-10,12-14,18,23H,1,4-7,11H2,(H2,26,31,32)(H,27,28,29)/t14-,18+,23?/m1/s1. The predicted molar refractivity (Wildman–Crippen MR) is 143 cm³/mol. The summed E-state index contributed by atoms with van der Waals surface area (Å²) < 4.78 is 26.9. The number of hydrogen-bond acceptors (Lipinski definition) is 9. The van der Waals surface area contributed by atoms with E-state index in [1.54, 1.807) is 0 Å². The molecule has 0 saturated heterocycles. The Morgan fingerprint density at radius 3 is 2.97 bits per heavy atom. The molecule has 0 spiro atoms. The number of ketones is 1. The van der Waals surface area contributed by atoms with Crippen LogP contribution >= 0.6 is 34.7 Å². The lowest BCUT2D eigenvalue weighted by Crippen LogP contribution is -2.22. The highest BCUT2D eigenvalue weighted by atomic mass is 35.5. The maximum absolute atomic E-state index is 13.5. The summed E-state index contributed by atoms with van der Waals surface area (Å²) in [5, 5.41) is 11.2. The Morgan fingerprint density at radius 2 is 2.14 bits per heavy atom. The van der Waals surface area contributed by atoms with Gasteiger partial charge >= 0.3 is 10.3 Å². The Hall–Kier alpha value is -2.02. The summed E-state index contributed by atoms with van der Waals surface area (Å²) in [5.74, 6) is 1.43. The van der Waals surface area contributed by atoms with Crippen molar-refractivity contribution in [3.8, 4) is 0 Å². The predicted octanol–water partition coefficient (Wildman–Crippen LogP) is 4.60. The van der Waals surface area contributed by atoms with Crippen LogP contribution in [0.5, 0.6) is 0 Å². The number of hydrogen-bond donors (Lipinski definition) is 2. The van der Waals surface area contributed by atoms with Crippen molar-refractivity contribution in [2.24, 2.45) is 11.1 Å². The van der Waals surface area contributed by atoms with Crippen LogP contribution in [0.3, 0.4) is 0 Å². The molecule has 2 aromatic heterocycles. The quantitative estimate of drug-likeness (QED) is 0.380. The van der Waals surface area contributed by atoms with Crippen LogP contribution in [0.15, 0.2) is 42.2 Å². The lowest BCUT2D eigenvalue weighted by molar-refractivity contribution is 0.104. The van der Waals surface area contributed by atoms with E-state index in [0.717, 1.165) is 35.6 Å². The van der Waals surface area contributed by atoms with Crippen molar-refractivity contribution < 1.29 is 17.4 Å². The Kier molecular flexibility index (Phi) is 7.66. The number of carbonyl (C=O) groups excluding carboxylic acids is 1. The molecule has 8 nitrogen and oxygen atoms in total. The van der Waals surface area contributed by atoms with Crippen molar-refractivity contribution in [1.82, 2.24) is 9.97 Å². The van der Waals surface area contributed by atoms with E-state index in [9.17, 15) is 13.2 Å². The highest BCUT2D eigenvalue weighted by Gasteiger charge is 2.29. The highest BCUT2D eigenvalue weighted by Crippen LogP contribution is 2.44. The highest BCUT2D eigenvalue weighted by molar-refractivity contribution is 7.99. The first-order valence-corrected chi connectivity index (χ1v) is 15.3. The molecule has 2 aliphatic rings. The number of aryl methyl sites for hydroxylation is 1. The molecule has 12 heteroatoms. The summed E-state index contributed by atoms with van der Waals surface area (Å²) in [7, 11) is -3.95. The Morgan fingerprint density at radius 1 is 1.28 bits per heavy atom. The second-order valence-corrected chi connectivity index (χ2v) is 12.8. The van der Waals surface area contributed by atoms with Crippen LogP contribution in [0.4, 0.5) is 5.82 Å². The van der Waals surface area contributed by atoms with Crippen molar-refractivity contribution in [1.29, 1.82) is 0 Å². The molecular formula is C24H25ClN4O4S3. The van der Waals surface area contributed by atoms with Gasteiger partial charge in [-0.15, -0.1) is 23.1 Å². The number of nitrogens with two attached hydrogens (primary N) is 1. The van der Waals surface area contributed by atoms with E-state index in [-0.39, 0.29) is 29.6 Å². The third-order valence-corrected chi connectivity index (χ3v) is 9.45. The zero-order valence-electron chi connectivity index (χ0n) is 19.2. The second kappa shape index (κ2) is 10.8. The third kappa shape index (κ3) is 5.92. The largest absolute Gasteiger partial charge is 0.367 e. The third-order valence-electron chi connectivity index (χ3n) is 6.50. The lowest BCUT2D eigenvalue weighted by Gasteiger charge is -2.24. The first-order valence-electron chi connectivity index (χ1n) is 11.5. The minimum atomic E-state index is -3.95. The molecule has 1 aliphatic heterocycles. The number of fused-ring (bicyclic) bond motifs is 1. The molecule has 0 radical (unpaired) electrons. The molecule has 190 valence electrons. The molecule has 3 atom stereocenters. The topological polar surface area (TPSA) is 124 Å². The van der Waals surface area contributed by atoms with Crippen molar-refractivity contribution in [3.63, 3.8) is 0 Å². The van der Waals surface area contributed by atoms with Crippen LogP contribution in [-0.2, 0) is 20.9 Å². The molecule has 1 aliphatic carbocycles. The molecular weight excluding hydrogens is 540 g/mol. The molecule has 0 bridgehead atoms. The van der Waals surface area contributed by atoms with E-state index in [4.69, 9.17) is 20.9 Å². The first kappa shape index (κ1) is 25.6. The lowest BCUT2D eigenvalue weighted by atomic mass is 9.98. The SMILES string of the molecule is NS(=O)(=O)OC[C@@H]1CC[C@H](Nc2ncncc2C(=O)c2cc(C3SCCc4ccc(Cl)cc43)cs2)C1. The molecule has 3 N–H and O–H groups in total. The molecule has 1 fully saturated rings. The van der Waals surface area contributed by atoms with Crippen LogP contribution < -0.4 is 10.5 Å². The van der Waals surface area contributed by atoms with Gasteiger partial charge in [-0.1, -0.05) is 17.7 Å². The number of anilines is 1. The molecule has 3 aromatic rings. The van der Waals surface area contributed by atoms with Gasteiger partial charge in [0.05, 0.1) is 22.3 Å². The number of thioether (sulfide) groups is 1. The van der Waals surface area contributed by atoms with Crippen molar-refractivity contribution in [2.45, 2.75) is 37.0 Å². The zero-order chi connectivity index (χ0) is 25.3. The van der Waals surface area contributed by atoms with Crippen LogP contribution in [0.25, 0.3) is 0 Å². The number of thiophene rings is 1. The number of carbonyl (C=O) groups is 1.